The molecule has 0 spiro atoms. The maximum absolute atomic E-state index is 13.5. The molecule has 4 aromatic rings. The molecule has 0 bridgehead atoms. The first kappa shape index (κ1) is 22.8. The molecule has 0 saturated carbocycles. The predicted octanol–water partition coefficient (Wildman–Crippen LogP) is 4.57. The number of methoxy groups -OCH3 is 1. The quantitative estimate of drug-likeness (QED) is 0.395. The Bertz CT molecular complexity index is 1310. The van der Waals surface area contributed by atoms with E-state index in [1.165, 1.54) is 11.8 Å². The van der Waals surface area contributed by atoms with Crippen molar-refractivity contribution in [2.75, 3.05) is 17.9 Å². The van der Waals surface area contributed by atoms with Crippen molar-refractivity contribution in [1.82, 2.24) is 14.9 Å². The Kier molecular flexibility index (Phi) is 6.58. The molecule has 3 aromatic carbocycles. The summed E-state index contributed by atoms with van der Waals surface area (Å²) in [5, 5.41) is 11.7. The number of nitrogens with one attached hydrogen (secondary N) is 2. The van der Waals surface area contributed by atoms with Gasteiger partial charge >= 0.3 is 0 Å². The average molecular weight is 488 g/mol. The molecule has 178 valence electrons. The van der Waals surface area contributed by atoms with Crippen LogP contribution in [0.5, 0.6) is 11.5 Å². The summed E-state index contributed by atoms with van der Waals surface area (Å²) in [4.78, 5) is 13.5. The highest BCUT2D eigenvalue weighted by Crippen LogP contribution is 2.38. The molecule has 1 amide bonds. The zero-order chi connectivity index (χ0) is 24.2. The molecule has 5 rings (SSSR count). The molecule has 2 N–H and O–H groups in total. The van der Waals surface area contributed by atoms with Crippen LogP contribution in [0.25, 0.3) is 0 Å². The number of benzene rings is 3. The normalized spacial score (nSPS) is 16.6. The number of anilines is 1. The van der Waals surface area contributed by atoms with E-state index in [1.54, 1.807) is 7.11 Å². The molecule has 1 aliphatic heterocycles. The number of ether oxygens (including phenoxy) is 2. The molecular formula is C26H25N5O3S. The minimum absolute atomic E-state index is 0.158. The smallest absolute Gasteiger partial charge is 0.240 e. The first-order valence-electron chi connectivity index (χ1n) is 11.2. The third-order valence-corrected chi connectivity index (χ3v) is 6.89. The van der Waals surface area contributed by atoms with Gasteiger partial charge in [0, 0.05) is 0 Å². The van der Waals surface area contributed by atoms with Crippen LogP contribution in [0.15, 0.2) is 84.0 Å². The van der Waals surface area contributed by atoms with Gasteiger partial charge in [-0.15, -0.1) is 10.2 Å². The maximum atomic E-state index is 13.5. The second-order valence-electron chi connectivity index (χ2n) is 8.08. The number of rotatable bonds is 7. The van der Waals surface area contributed by atoms with Crippen molar-refractivity contribution < 1.29 is 14.3 Å². The molecule has 9 heteroatoms. The van der Waals surface area contributed by atoms with Gasteiger partial charge in [0.25, 0.3) is 0 Å². The number of fused-ring (bicyclic) bond motifs is 1. The molecule has 35 heavy (non-hydrogen) atoms. The van der Waals surface area contributed by atoms with E-state index >= 15 is 0 Å². The summed E-state index contributed by atoms with van der Waals surface area (Å²) in [5.41, 5.74) is 6.21. The lowest BCUT2D eigenvalue weighted by atomic mass is 10.0. The van der Waals surface area contributed by atoms with Gasteiger partial charge in [-0.25, -0.2) is 4.68 Å². The highest BCUT2D eigenvalue weighted by molar-refractivity contribution is 8.00. The van der Waals surface area contributed by atoms with Gasteiger partial charge in [-0.1, -0.05) is 71.9 Å². The lowest BCUT2D eigenvalue weighted by Crippen LogP contribution is -2.41. The number of thioether (sulfide) groups is 1. The fourth-order valence-corrected chi connectivity index (χ4v) is 4.93. The molecule has 0 aliphatic carbocycles. The molecule has 2 atom stereocenters. The van der Waals surface area contributed by atoms with Gasteiger partial charge in [0.05, 0.1) is 18.8 Å². The fraction of sp³-hybridized carbons (Fsp3) is 0.192. The monoisotopic (exact) mass is 487 g/mol. The van der Waals surface area contributed by atoms with Crippen LogP contribution in [0, 0.1) is 6.92 Å². The van der Waals surface area contributed by atoms with Gasteiger partial charge in [0.2, 0.25) is 11.1 Å². The van der Waals surface area contributed by atoms with Gasteiger partial charge in [-0.2, -0.15) is 0 Å². The zero-order valence-electron chi connectivity index (χ0n) is 19.3. The number of aryl methyl sites for hydroxylation is 1. The Hall–Kier alpha value is -3.98. The Morgan fingerprint density at radius 3 is 2.54 bits per heavy atom. The van der Waals surface area contributed by atoms with E-state index in [0.29, 0.717) is 22.4 Å². The van der Waals surface area contributed by atoms with Gasteiger partial charge in [-0.05, 0) is 36.8 Å². The molecule has 0 radical (unpaired) electrons. The number of hydrogen-bond donors (Lipinski definition) is 2. The number of para-hydroxylation sites is 3. The van der Waals surface area contributed by atoms with E-state index in [0.717, 1.165) is 16.9 Å². The molecule has 8 nitrogen and oxygen atoms in total. The van der Waals surface area contributed by atoms with Crippen LogP contribution >= 0.6 is 11.8 Å². The van der Waals surface area contributed by atoms with E-state index < -0.39 is 5.25 Å². The van der Waals surface area contributed by atoms with Crippen molar-refractivity contribution in [2.24, 2.45) is 0 Å². The van der Waals surface area contributed by atoms with Crippen molar-refractivity contribution in [2.45, 2.75) is 30.0 Å². The third-order valence-electron chi connectivity index (χ3n) is 5.67. The van der Waals surface area contributed by atoms with Gasteiger partial charge in [-0.3, -0.25) is 4.79 Å². The summed E-state index contributed by atoms with van der Waals surface area (Å²) in [6.07, 6.45) is 0. The molecular weight excluding hydrogens is 462 g/mol. The number of aromatic nitrogens is 3. The number of carbonyl (C=O) groups excluding carboxylic acids is 1. The first-order chi connectivity index (χ1) is 17.1. The molecule has 1 aromatic heterocycles. The van der Waals surface area contributed by atoms with E-state index in [4.69, 9.17) is 9.47 Å². The lowest BCUT2D eigenvalue weighted by molar-refractivity contribution is -0.116. The van der Waals surface area contributed by atoms with E-state index in [1.807, 2.05) is 90.5 Å². The summed E-state index contributed by atoms with van der Waals surface area (Å²) in [5.74, 6) is 1.81. The van der Waals surface area contributed by atoms with E-state index in [2.05, 4.69) is 20.9 Å². The predicted molar refractivity (Wildman–Crippen MR) is 135 cm³/mol. The van der Waals surface area contributed by atoms with Crippen LogP contribution in [0.1, 0.15) is 23.0 Å². The Morgan fingerprint density at radius 2 is 1.77 bits per heavy atom. The molecule has 2 heterocycles. The van der Waals surface area contributed by atoms with Crippen molar-refractivity contribution in [3.05, 3.63) is 95.8 Å². The zero-order valence-corrected chi connectivity index (χ0v) is 20.2. The standard InChI is InChI=1S/C26H25N5O3S/c1-17-12-14-18(15-13-17)23-24(25(32)27-20-10-6-7-11-21(20)33-2)35-26-29-28-22(31(26)30-23)16-34-19-8-4-3-5-9-19/h3-15,23-24,30H,16H2,1-2H3,(H,27,32)/t23-,24-/m1/s1. The van der Waals surface area contributed by atoms with E-state index in [-0.39, 0.29) is 18.6 Å². The minimum atomic E-state index is -0.498. The summed E-state index contributed by atoms with van der Waals surface area (Å²) < 4.78 is 13.1. The summed E-state index contributed by atoms with van der Waals surface area (Å²) >= 11 is 1.37. The fourth-order valence-electron chi connectivity index (χ4n) is 3.83. The van der Waals surface area contributed by atoms with E-state index in [9.17, 15) is 4.79 Å². The van der Waals surface area contributed by atoms with Crippen LogP contribution in [0.4, 0.5) is 5.69 Å². The third kappa shape index (κ3) is 4.95. The Balaban J connectivity index is 1.43. The van der Waals surface area contributed by atoms with Gasteiger partial charge in [0.1, 0.15) is 23.4 Å². The lowest BCUT2D eigenvalue weighted by Gasteiger charge is -2.33. The molecule has 0 fully saturated rings. The SMILES string of the molecule is COc1ccccc1NC(=O)[C@@H]1Sc2nnc(COc3ccccc3)n2N[C@@H]1c1ccc(C)cc1. The van der Waals surface area contributed by atoms with Crippen molar-refractivity contribution in [3.8, 4) is 11.5 Å². The second-order valence-corrected chi connectivity index (χ2v) is 9.19. The van der Waals surface area contributed by atoms with Crippen LogP contribution in [0.3, 0.4) is 0 Å². The van der Waals surface area contributed by atoms with Crippen LogP contribution < -0.4 is 20.2 Å². The number of carbonyl (C=O) groups is 1. The summed E-state index contributed by atoms with van der Waals surface area (Å²) in [6, 6.07) is 24.7. The van der Waals surface area contributed by atoms with Crippen molar-refractivity contribution in [1.29, 1.82) is 0 Å². The minimum Gasteiger partial charge on any atom is -0.495 e. The number of nitrogens with zero attached hydrogens (tertiary/aromatic N) is 3. The average Bonchev–Trinajstić information content (AvgIpc) is 3.30. The molecule has 0 unspecified atom stereocenters. The molecule has 0 saturated heterocycles. The maximum Gasteiger partial charge on any atom is 0.240 e. The summed E-state index contributed by atoms with van der Waals surface area (Å²) in [6.45, 7) is 2.28. The highest BCUT2D eigenvalue weighted by Gasteiger charge is 2.38. The highest BCUT2D eigenvalue weighted by atomic mass is 32.2. The van der Waals surface area contributed by atoms with Crippen LogP contribution in [-0.4, -0.2) is 33.1 Å². The van der Waals surface area contributed by atoms with Crippen molar-refractivity contribution >= 4 is 23.4 Å². The first-order valence-corrected chi connectivity index (χ1v) is 12.1. The van der Waals surface area contributed by atoms with Crippen LogP contribution in [0.2, 0.25) is 0 Å². The second kappa shape index (κ2) is 10.1. The Labute approximate surface area is 207 Å². The Morgan fingerprint density at radius 1 is 1.03 bits per heavy atom. The molecule has 1 aliphatic rings. The number of hydrogen-bond acceptors (Lipinski definition) is 7. The topological polar surface area (TPSA) is 90.3 Å². The number of amides is 1. The van der Waals surface area contributed by atoms with Gasteiger partial charge in [0.15, 0.2) is 5.82 Å². The summed E-state index contributed by atoms with van der Waals surface area (Å²) in [7, 11) is 1.58. The van der Waals surface area contributed by atoms with Gasteiger partial charge < -0.3 is 20.2 Å². The van der Waals surface area contributed by atoms with Crippen LogP contribution in [-0.2, 0) is 11.4 Å². The van der Waals surface area contributed by atoms with Crippen molar-refractivity contribution in [3.63, 3.8) is 0 Å². The largest absolute Gasteiger partial charge is 0.495 e.